The molecule has 6 nitrogen and oxygen atoms in total. The summed E-state index contributed by atoms with van der Waals surface area (Å²) in [7, 11) is -2.00. The van der Waals surface area contributed by atoms with Gasteiger partial charge in [-0.3, -0.25) is 4.79 Å². The minimum Gasteiger partial charge on any atom is -0.496 e. The summed E-state index contributed by atoms with van der Waals surface area (Å²) < 4.78 is 32.7. The average Bonchev–Trinajstić information content (AvgIpc) is 3.27. The van der Waals surface area contributed by atoms with Gasteiger partial charge in [0.15, 0.2) is 0 Å². The zero-order valence-corrected chi connectivity index (χ0v) is 15.1. The second-order valence-electron chi connectivity index (χ2n) is 6.76. The molecule has 1 heterocycles. The number of carbonyl (C=O) groups excluding carboxylic acids is 1. The van der Waals surface area contributed by atoms with Gasteiger partial charge in [0.2, 0.25) is 15.9 Å². The number of benzene rings is 1. The molecule has 1 saturated heterocycles. The van der Waals surface area contributed by atoms with Gasteiger partial charge in [0, 0.05) is 26.1 Å². The molecule has 1 aromatic carbocycles. The van der Waals surface area contributed by atoms with Gasteiger partial charge in [-0.25, -0.2) is 8.42 Å². The first-order valence-electron chi connectivity index (χ1n) is 8.25. The predicted molar refractivity (Wildman–Crippen MR) is 90.3 cm³/mol. The number of methoxy groups -OCH3 is 1. The van der Waals surface area contributed by atoms with Crippen molar-refractivity contribution in [1.82, 2.24) is 9.62 Å². The first-order valence-corrected chi connectivity index (χ1v) is 9.69. The fourth-order valence-corrected chi connectivity index (χ4v) is 5.15. The summed E-state index contributed by atoms with van der Waals surface area (Å²) in [4.78, 5) is 11.7. The molecule has 0 aromatic heterocycles. The van der Waals surface area contributed by atoms with Gasteiger partial charge >= 0.3 is 0 Å². The molecule has 1 aliphatic carbocycles. The van der Waals surface area contributed by atoms with Gasteiger partial charge in [-0.15, -0.1) is 0 Å². The highest BCUT2D eigenvalue weighted by Crippen LogP contribution is 2.42. The Morgan fingerprint density at radius 1 is 1.29 bits per heavy atom. The van der Waals surface area contributed by atoms with Crippen molar-refractivity contribution < 1.29 is 17.9 Å². The number of nitrogens with zero attached hydrogens (tertiary/aromatic N) is 1. The maximum absolute atomic E-state index is 13.0. The van der Waals surface area contributed by atoms with Crippen LogP contribution in [0.5, 0.6) is 5.75 Å². The molecule has 24 heavy (non-hydrogen) atoms. The van der Waals surface area contributed by atoms with Crippen LogP contribution < -0.4 is 10.1 Å². The SMILES string of the molecule is COc1ccc(S(=O)(=O)N2C[C@@H](NC(C)=O)[C@H](C3CC3)C2)cc1C. The molecule has 7 heteroatoms. The van der Waals surface area contributed by atoms with E-state index >= 15 is 0 Å². The zero-order valence-electron chi connectivity index (χ0n) is 14.3. The molecule has 1 aromatic rings. The third-order valence-electron chi connectivity index (χ3n) is 4.95. The fourth-order valence-electron chi connectivity index (χ4n) is 3.56. The zero-order chi connectivity index (χ0) is 17.5. The lowest BCUT2D eigenvalue weighted by Crippen LogP contribution is -2.40. The van der Waals surface area contributed by atoms with E-state index in [0.717, 1.165) is 18.4 Å². The van der Waals surface area contributed by atoms with Crippen LogP contribution in [0.15, 0.2) is 23.1 Å². The van der Waals surface area contributed by atoms with Crippen molar-refractivity contribution in [2.24, 2.45) is 11.8 Å². The Morgan fingerprint density at radius 2 is 2.00 bits per heavy atom. The lowest BCUT2D eigenvalue weighted by Gasteiger charge is -2.18. The summed E-state index contributed by atoms with van der Waals surface area (Å²) in [6.45, 7) is 4.13. The molecule has 2 atom stereocenters. The maximum Gasteiger partial charge on any atom is 0.243 e. The standard InChI is InChI=1S/C17H24N2O4S/c1-11-8-14(6-7-17(11)23-3)24(21,22)19-9-15(13-4-5-13)16(10-19)18-12(2)20/h6-8,13,15-16H,4-5,9-10H2,1-3H3,(H,18,20)/t15-,16+/m0/s1. The first kappa shape index (κ1) is 17.2. The lowest BCUT2D eigenvalue weighted by atomic mass is 9.98. The molecule has 132 valence electrons. The molecule has 0 spiro atoms. The molecule has 2 aliphatic rings. The van der Waals surface area contributed by atoms with E-state index in [1.54, 1.807) is 25.3 Å². The molecule has 1 N–H and O–H groups in total. The Bertz CT molecular complexity index is 743. The summed E-state index contributed by atoms with van der Waals surface area (Å²) in [6.07, 6.45) is 2.24. The molecule has 0 unspecified atom stereocenters. The van der Waals surface area contributed by atoms with Crippen LogP contribution >= 0.6 is 0 Å². The number of aryl methyl sites for hydroxylation is 1. The van der Waals surface area contributed by atoms with Gasteiger partial charge in [-0.1, -0.05) is 0 Å². The van der Waals surface area contributed by atoms with Gasteiger partial charge in [0.25, 0.3) is 0 Å². The minimum atomic E-state index is -3.57. The Hall–Kier alpha value is -1.60. The number of ether oxygens (including phenoxy) is 1. The fraction of sp³-hybridized carbons (Fsp3) is 0.588. The van der Waals surface area contributed by atoms with Crippen molar-refractivity contribution in [2.75, 3.05) is 20.2 Å². The van der Waals surface area contributed by atoms with Crippen LogP contribution in [-0.2, 0) is 14.8 Å². The highest BCUT2D eigenvalue weighted by atomic mass is 32.2. The Morgan fingerprint density at radius 3 is 2.54 bits per heavy atom. The highest BCUT2D eigenvalue weighted by molar-refractivity contribution is 7.89. The number of hydrogen-bond acceptors (Lipinski definition) is 4. The number of rotatable bonds is 5. The minimum absolute atomic E-state index is 0.0934. The largest absolute Gasteiger partial charge is 0.496 e. The topological polar surface area (TPSA) is 75.7 Å². The Labute approximate surface area is 143 Å². The lowest BCUT2D eigenvalue weighted by molar-refractivity contribution is -0.119. The predicted octanol–water partition coefficient (Wildman–Crippen LogP) is 1.54. The summed E-state index contributed by atoms with van der Waals surface area (Å²) in [5.74, 6) is 1.30. The van der Waals surface area contributed by atoms with Crippen molar-refractivity contribution in [3.05, 3.63) is 23.8 Å². The average molecular weight is 352 g/mol. The van der Waals surface area contributed by atoms with E-state index in [-0.39, 0.29) is 22.8 Å². The van der Waals surface area contributed by atoms with Crippen molar-refractivity contribution in [2.45, 2.75) is 37.6 Å². The third-order valence-corrected chi connectivity index (χ3v) is 6.78. The normalized spacial score (nSPS) is 24.8. The van der Waals surface area contributed by atoms with Gasteiger partial charge in [-0.05, 0) is 55.4 Å². The Kier molecular flexibility index (Phi) is 4.57. The smallest absolute Gasteiger partial charge is 0.243 e. The molecular formula is C17H24N2O4S. The van der Waals surface area contributed by atoms with Crippen molar-refractivity contribution in [1.29, 1.82) is 0 Å². The number of nitrogens with one attached hydrogen (secondary N) is 1. The van der Waals surface area contributed by atoms with Crippen LogP contribution in [0.2, 0.25) is 0 Å². The molecule has 1 aliphatic heterocycles. The van der Waals surface area contributed by atoms with Gasteiger partial charge < -0.3 is 10.1 Å². The summed E-state index contributed by atoms with van der Waals surface area (Å²) in [5.41, 5.74) is 0.787. The molecule has 3 rings (SSSR count). The monoisotopic (exact) mass is 352 g/mol. The van der Waals surface area contributed by atoms with Crippen LogP contribution in [0.3, 0.4) is 0 Å². The highest BCUT2D eigenvalue weighted by Gasteiger charge is 2.46. The van der Waals surface area contributed by atoms with Gasteiger partial charge in [0.05, 0.1) is 12.0 Å². The molecule has 0 radical (unpaired) electrons. The van der Waals surface area contributed by atoms with Crippen LogP contribution in [-0.4, -0.2) is 44.9 Å². The van der Waals surface area contributed by atoms with E-state index in [9.17, 15) is 13.2 Å². The van der Waals surface area contributed by atoms with Crippen LogP contribution in [0.1, 0.15) is 25.3 Å². The first-order chi connectivity index (χ1) is 11.3. The second-order valence-corrected chi connectivity index (χ2v) is 8.70. The van der Waals surface area contributed by atoms with E-state index in [2.05, 4.69) is 5.32 Å². The molecular weight excluding hydrogens is 328 g/mol. The molecule has 1 amide bonds. The second kappa shape index (κ2) is 6.37. The quantitative estimate of drug-likeness (QED) is 0.872. The van der Waals surface area contributed by atoms with Crippen molar-refractivity contribution in [3.8, 4) is 5.75 Å². The number of sulfonamides is 1. The third kappa shape index (κ3) is 3.28. The van der Waals surface area contributed by atoms with E-state index in [1.807, 2.05) is 6.92 Å². The molecule has 2 fully saturated rings. The Balaban J connectivity index is 1.84. The molecule has 1 saturated carbocycles. The van der Waals surface area contributed by atoms with Crippen molar-refractivity contribution in [3.63, 3.8) is 0 Å². The number of hydrogen-bond donors (Lipinski definition) is 1. The number of amides is 1. The summed E-state index contributed by atoms with van der Waals surface area (Å²) >= 11 is 0. The number of carbonyl (C=O) groups is 1. The van der Waals surface area contributed by atoms with E-state index in [0.29, 0.717) is 24.8 Å². The van der Waals surface area contributed by atoms with Gasteiger partial charge in [0.1, 0.15) is 5.75 Å². The van der Waals surface area contributed by atoms with Crippen molar-refractivity contribution >= 4 is 15.9 Å². The summed E-state index contributed by atoms with van der Waals surface area (Å²) in [5, 5.41) is 2.93. The van der Waals surface area contributed by atoms with E-state index < -0.39 is 10.0 Å². The van der Waals surface area contributed by atoms with E-state index in [1.165, 1.54) is 11.2 Å². The summed E-state index contributed by atoms with van der Waals surface area (Å²) in [6, 6.07) is 4.82. The maximum atomic E-state index is 13.0. The van der Waals surface area contributed by atoms with Gasteiger partial charge in [-0.2, -0.15) is 4.31 Å². The molecule has 0 bridgehead atoms. The van der Waals surface area contributed by atoms with Crippen LogP contribution in [0.25, 0.3) is 0 Å². The van der Waals surface area contributed by atoms with Crippen LogP contribution in [0.4, 0.5) is 0 Å². The van der Waals surface area contributed by atoms with Crippen LogP contribution in [0, 0.1) is 18.8 Å². The van der Waals surface area contributed by atoms with E-state index in [4.69, 9.17) is 4.74 Å².